The first kappa shape index (κ1) is 17.9. The SMILES string of the molecule is CCN(CC)c1ccc(/C=N/NS(=O)(=O)c2ccc(F)cc2)cc1. The number of hydrogen-bond acceptors (Lipinski definition) is 4. The molecule has 2 aromatic carbocycles. The molecule has 0 spiro atoms. The van der Waals surface area contributed by atoms with E-state index in [1.165, 1.54) is 18.3 Å². The van der Waals surface area contributed by atoms with Crippen LogP contribution in [0.5, 0.6) is 0 Å². The van der Waals surface area contributed by atoms with Crippen LogP contribution in [0.25, 0.3) is 0 Å². The Kier molecular flexibility index (Phi) is 5.92. The van der Waals surface area contributed by atoms with Gasteiger partial charge >= 0.3 is 0 Å². The Morgan fingerprint density at radius 2 is 1.62 bits per heavy atom. The number of sulfonamides is 1. The average molecular weight is 349 g/mol. The molecule has 0 aliphatic rings. The number of anilines is 1. The van der Waals surface area contributed by atoms with Crippen LogP contribution in [0.15, 0.2) is 58.5 Å². The number of benzene rings is 2. The topological polar surface area (TPSA) is 61.8 Å². The number of nitrogens with one attached hydrogen (secondary N) is 1. The van der Waals surface area contributed by atoms with Gasteiger partial charge in [-0.1, -0.05) is 12.1 Å². The molecule has 2 aromatic rings. The van der Waals surface area contributed by atoms with Crippen molar-refractivity contribution in [2.24, 2.45) is 5.10 Å². The van der Waals surface area contributed by atoms with Crippen LogP contribution in [0.4, 0.5) is 10.1 Å². The molecule has 0 amide bonds. The summed E-state index contributed by atoms with van der Waals surface area (Å²) in [7, 11) is -3.80. The van der Waals surface area contributed by atoms with Crippen molar-refractivity contribution in [3.63, 3.8) is 0 Å². The molecule has 128 valence electrons. The van der Waals surface area contributed by atoms with Gasteiger partial charge in [0.1, 0.15) is 5.82 Å². The highest BCUT2D eigenvalue weighted by Crippen LogP contribution is 2.14. The normalized spacial score (nSPS) is 11.6. The molecule has 1 N–H and O–H groups in total. The molecule has 2 rings (SSSR count). The van der Waals surface area contributed by atoms with Crippen molar-refractivity contribution in [1.82, 2.24) is 4.83 Å². The summed E-state index contributed by atoms with van der Waals surface area (Å²) in [5.74, 6) is -0.495. The van der Waals surface area contributed by atoms with E-state index in [1.54, 1.807) is 0 Å². The van der Waals surface area contributed by atoms with Gasteiger partial charge in [-0.15, -0.1) is 0 Å². The fourth-order valence-corrected chi connectivity index (χ4v) is 2.99. The molecule has 7 heteroatoms. The van der Waals surface area contributed by atoms with Crippen LogP contribution in [0.3, 0.4) is 0 Å². The lowest BCUT2D eigenvalue weighted by Gasteiger charge is -2.20. The van der Waals surface area contributed by atoms with Crippen LogP contribution >= 0.6 is 0 Å². The Bertz CT molecular complexity index is 784. The number of rotatable bonds is 7. The maximum Gasteiger partial charge on any atom is 0.276 e. The van der Waals surface area contributed by atoms with Crippen LogP contribution in [0.2, 0.25) is 0 Å². The minimum atomic E-state index is -3.80. The number of hydrogen-bond donors (Lipinski definition) is 1. The van der Waals surface area contributed by atoms with E-state index in [1.807, 2.05) is 24.3 Å². The minimum absolute atomic E-state index is 0.0436. The van der Waals surface area contributed by atoms with Crippen molar-refractivity contribution in [2.45, 2.75) is 18.7 Å². The van der Waals surface area contributed by atoms with Crippen molar-refractivity contribution < 1.29 is 12.8 Å². The van der Waals surface area contributed by atoms with Gasteiger partial charge in [0.05, 0.1) is 11.1 Å². The van der Waals surface area contributed by atoms with Gasteiger partial charge in [-0.25, -0.2) is 9.22 Å². The fraction of sp³-hybridized carbons (Fsp3) is 0.235. The van der Waals surface area contributed by atoms with E-state index in [0.29, 0.717) is 0 Å². The lowest BCUT2D eigenvalue weighted by Crippen LogP contribution is -2.21. The fourth-order valence-electron chi connectivity index (χ4n) is 2.20. The van der Waals surface area contributed by atoms with E-state index in [-0.39, 0.29) is 4.90 Å². The largest absolute Gasteiger partial charge is 0.372 e. The van der Waals surface area contributed by atoms with Gasteiger partial charge in [0.25, 0.3) is 10.0 Å². The molecule has 0 aromatic heterocycles. The van der Waals surface area contributed by atoms with E-state index >= 15 is 0 Å². The molecule has 0 saturated carbocycles. The van der Waals surface area contributed by atoms with Crippen molar-refractivity contribution in [2.75, 3.05) is 18.0 Å². The van der Waals surface area contributed by atoms with Crippen molar-refractivity contribution in [1.29, 1.82) is 0 Å². The second-order valence-electron chi connectivity index (χ2n) is 5.07. The summed E-state index contributed by atoms with van der Waals surface area (Å²) in [6.45, 7) is 6.01. The van der Waals surface area contributed by atoms with Crippen LogP contribution in [0.1, 0.15) is 19.4 Å². The summed E-state index contributed by atoms with van der Waals surface area (Å²) in [6.07, 6.45) is 1.42. The first-order chi connectivity index (χ1) is 11.5. The zero-order valence-corrected chi connectivity index (χ0v) is 14.4. The van der Waals surface area contributed by atoms with Gasteiger partial charge in [-0.2, -0.15) is 13.5 Å². The Balaban J connectivity index is 2.04. The number of halogens is 1. The average Bonchev–Trinajstić information content (AvgIpc) is 2.57. The van der Waals surface area contributed by atoms with E-state index in [2.05, 4.69) is 28.7 Å². The van der Waals surface area contributed by atoms with Crippen LogP contribution < -0.4 is 9.73 Å². The predicted octanol–water partition coefficient (Wildman–Crippen LogP) is 2.98. The third-order valence-electron chi connectivity index (χ3n) is 3.53. The van der Waals surface area contributed by atoms with Crippen molar-refractivity contribution in [3.05, 3.63) is 59.9 Å². The molecule has 0 saturated heterocycles. The zero-order valence-electron chi connectivity index (χ0n) is 13.6. The first-order valence-corrected chi connectivity index (χ1v) is 9.10. The zero-order chi connectivity index (χ0) is 17.6. The monoisotopic (exact) mass is 349 g/mol. The summed E-state index contributed by atoms with van der Waals surface area (Å²) in [4.78, 5) is 4.27. The quantitative estimate of drug-likeness (QED) is 0.617. The lowest BCUT2D eigenvalue weighted by atomic mass is 10.2. The molecule has 0 heterocycles. The van der Waals surface area contributed by atoms with Gasteiger partial charge in [0, 0.05) is 18.8 Å². The standard InChI is InChI=1S/C17H20FN3O2S/c1-3-21(4-2)16-9-5-14(6-10-16)13-19-20-24(22,23)17-11-7-15(18)8-12-17/h5-13,20H,3-4H2,1-2H3/b19-13+. The van der Waals surface area contributed by atoms with Gasteiger partial charge in [-0.05, 0) is 55.8 Å². The molecule has 0 unspecified atom stereocenters. The highest BCUT2D eigenvalue weighted by molar-refractivity contribution is 7.89. The van der Waals surface area contributed by atoms with Gasteiger partial charge in [0.2, 0.25) is 0 Å². The summed E-state index contributed by atoms with van der Waals surface area (Å²) in [6, 6.07) is 12.2. The summed E-state index contributed by atoms with van der Waals surface area (Å²) >= 11 is 0. The summed E-state index contributed by atoms with van der Waals surface area (Å²) in [5, 5.41) is 3.76. The van der Waals surface area contributed by atoms with Gasteiger partial charge in [0.15, 0.2) is 0 Å². The maximum absolute atomic E-state index is 12.8. The molecular weight excluding hydrogens is 329 g/mol. The predicted molar refractivity (Wildman–Crippen MR) is 94.3 cm³/mol. The lowest BCUT2D eigenvalue weighted by molar-refractivity contribution is 0.583. The molecule has 5 nitrogen and oxygen atoms in total. The molecule has 0 aliphatic heterocycles. The van der Waals surface area contributed by atoms with Crippen LogP contribution in [0, 0.1) is 5.82 Å². The molecule has 0 aliphatic carbocycles. The second kappa shape index (κ2) is 7.92. The third kappa shape index (κ3) is 4.55. The van der Waals surface area contributed by atoms with Crippen LogP contribution in [-0.4, -0.2) is 27.7 Å². The van der Waals surface area contributed by atoms with Crippen LogP contribution in [-0.2, 0) is 10.0 Å². The minimum Gasteiger partial charge on any atom is -0.372 e. The van der Waals surface area contributed by atoms with E-state index in [9.17, 15) is 12.8 Å². The Morgan fingerprint density at radius 3 is 2.17 bits per heavy atom. The molecule has 0 bridgehead atoms. The first-order valence-electron chi connectivity index (χ1n) is 7.61. The van der Waals surface area contributed by atoms with E-state index in [0.717, 1.165) is 36.5 Å². The second-order valence-corrected chi connectivity index (χ2v) is 6.73. The smallest absolute Gasteiger partial charge is 0.276 e. The molecule has 24 heavy (non-hydrogen) atoms. The van der Waals surface area contributed by atoms with Gasteiger partial charge < -0.3 is 4.90 Å². The van der Waals surface area contributed by atoms with E-state index < -0.39 is 15.8 Å². The highest BCUT2D eigenvalue weighted by atomic mass is 32.2. The molecule has 0 atom stereocenters. The molecular formula is C17H20FN3O2S. The maximum atomic E-state index is 12.8. The third-order valence-corrected chi connectivity index (χ3v) is 4.77. The van der Waals surface area contributed by atoms with Crippen molar-refractivity contribution >= 4 is 21.9 Å². The molecule has 0 fully saturated rings. The summed E-state index contributed by atoms with van der Waals surface area (Å²) < 4.78 is 36.8. The van der Waals surface area contributed by atoms with Gasteiger partial charge in [-0.3, -0.25) is 0 Å². The number of hydrazone groups is 1. The Morgan fingerprint density at radius 1 is 1.04 bits per heavy atom. The molecule has 0 radical (unpaired) electrons. The number of nitrogens with zero attached hydrogens (tertiary/aromatic N) is 2. The van der Waals surface area contributed by atoms with E-state index in [4.69, 9.17) is 0 Å². The Labute approximate surface area is 141 Å². The Hall–Kier alpha value is -2.41. The van der Waals surface area contributed by atoms with Crippen molar-refractivity contribution in [3.8, 4) is 0 Å². The summed E-state index contributed by atoms with van der Waals surface area (Å²) in [5.41, 5.74) is 1.87. The highest BCUT2D eigenvalue weighted by Gasteiger charge is 2.12.